The number of rotatable bonds is 3. The van der Waals surface area contributed by atoms with Crippen molar-refractivity contribution in [3.05, 3.63) is 0 Å². The molecule has 3 heteroatoms. The molecule has 0 saturated heterocycles. The molecule has 52 valence electrons. The summed E-state index contributed by atoms with van der Waals surface area (Å²) in [4.78, 5) is 10.8. The summed E-state index contributed by atoms with van der Waals surface area (Å²) in [5.74, 6) is 0.459. The Morgan fingerprint density at radius 1 is 1.67 bits per heavy atom. The van der Waals surface area contributed by atoms with Gasteiger partial charge in [0, 0.05) is 12.5 Å². The Balaban J connectivity index is 2.03. The number of hydrogen-bond acceptors (Lipinski definition) is 2. The van der Waals surface area contributed by atoms with E-state index in [1.54, 1.807) is 0 Å². The third-order valence-corrected chi connectivity index (χ3v) is 1.34. The Kier molecular flexibility index (Phi) is 2.05. The quantitative estimate of drug-likeness (QED) is 0.527. The monoisotopic (exact) mass is 128 g/mol. The fourth-order valence-corrected chi connectivity index (χ4v) is 0.623. The lowest BCUT2D eigenvalue weighted by molar-refractivity contribution is -0.123. The Hall–Kier alpha value is -0.570. The lowest BCUT2D eigenvalue weighted by Gasteiger charge is -2.01. The Morgan fingerprint density at radius 2 is 2.33 bits per heavy atom. The van der Waals surface area contributed by atoms with E-state index < -0.39 is 0 Å². The molecule has 1 aliphatic carbocycles. The van der Waals surface area contributed by atoms with E-state index in [0.29, 0.717) is 5.92 Å². The van der Waals surface area contributed by atoms with Crippen LogP contribution in [0.1, 0.15) is 19.8 Å². The Bertz CT molecular complexity index is 110. The van der Waals surface area contributed by atoms with Crippen molar-refractivity contribution < 1.29 is 4.79 Å². The highest BCUT2D eigenvalue weighted by Gasteiger charge is 2.29. The summed E-state index contributed by atoms with van der Waals surface area (Å²) in [6.45, 7) is 2.74. The minimum Gasteiger partial charge on any atom is -0.291 e. The highest BCUT2D eigenvalue weighted by atomic mass is 16.2. The molecule has 3 nitrogen and oxygen atoms in total. The van der Waals surface area contributed by atoms with Gasteiger partial charge in [0.05, 0.1) is 0 Å². The van der Waals surface area contributed by atoms with Crippen LogP contribution in [0.3, 0.4) is 0 Å². The number of amides is 1. The van der Waals surface area contributed by atoms with E-state index in [1.807, 2.05) is 6.92 Å². The van der Waals surface area contributed by atoms with Gasteiger partial charge in [0.1, 0.15) is 0 Å². The Morgan fingerprint density at radius 3 is 2.78 bits per heavy atom. The molecule has 0 spiro atoms. The molecule has 1 amide bonds. The summed E-state index contributed by atoms with van der Waals surface area (Å²) in [5, 5.41) is 0. The number of carbonyl (C=O) groups is 1. The average Bonchev–Trinajstić information content (AvgIpc) is 2.63. The molecule has 0 atom stereocenters. The molecule has 0 radical (unpaired) electrons. The topological polar surface area (TPSA) is 41.1 Å². The van der Waals surface area contributed by atoms with Crippen molar-refractivity contribution in [1.29, 1.82) is 0 Å². The molecule has 1 fully saturated rings. The van der Waals surface area contributed by atoms with E-state index in [2.05, 4.69) is 10.9 Å². The largest absolute Gasteiger partial charge is 0.291 e. The minimum atomic E-state index is 0.150. The molecule has 2 N–H and O–H groups in total. The van der Waals surface area contributed by atoms with Gasteiger partial charge in [0.2, 0.25) is 5.91 Å². The first kappa shape index (κ1) is 6.55. The zero-order valence-electron chi connectivity index (χ0n) is 5.61. The molecule has 0 aromatic rings. The molecular formula is C6H12N2O. The fraction of sp³-hybridized carbons (Fsp3) is 0.833. The second-order valence-corrected chi connectivity index (χ2v) is 2.29. The van der Waals surface area contributed by atoms with Crippen LogP contribution in [0.4, 0.5) is 0 Å². The molecular weight excluding hydrogens is 116 g/mol. The minimum absolute atomic E-state index is 0.150. The van der Waals surface area contributed by atoms with Crippen LogP contribution in [-0.4, -0.2) is 12.5 Å². The molecule has 0 bridgehead atoms. The van der Waals surface area contributed by atoms with Crippen LogP contribution in [0.15, 0.2) is 0 Å². The summed E-state index contributed by atoms with van der Waals surface area (Å²) in [7, 11) is 0. The van der Waals surface area contributed by atoms with Crippen molar-refractivity contribution in [2.24, 2.45) is 5.92 Å². The number of hydrazine groups is 1. The number of hydrogen-bond donors (Lipinski definition) is 2. The van der Waals surface area contributed by atoms with E-state index >= 15 is 0 Å². The Labute approximate surface area is 54.8 Å². The zero-order chi connectivity index (χ0) is 6.69. The fourth-order valence-electron chi connectivity index (χ4n) is 0.623. The van der Waals surface area contributed by atoms with Crippen molar-refractivity contribution in [1.82, 2.24) is 10.9 Å². The third-order valence-electron chi connectivity index (χ3n) is 1.34. The highest BCUT2D eigenvalue weighted by Crippen LogP contribution is 2.28. The molecule has 1 saturated carbocycles. The molecule has 0 aliphatic heterocycles. The first-order valence-electron chi connectivity index (χ1n) is 3.37. The number of nitrogens with one attached hydrogen (secondary N) is 2. The van der Waals surface area contributed by atoms with Gasteiger partial charge in [-0.1, -0.05) is 6.92 Å². The van der Waals surface area contributed by atoms with Gasteiger partial charge >= 0.3 is 0 Å². The molecule has 1 rings (SSSR count). The van der Waals surface area contributed by atoms with Crippen LogP contribution in [-0.2, 0) is 4.79 Å². The van der Waals surface area contributed by atoms with E-state index in [0.717, 1.165) is 19.4 Å². The van der Waals surface area contributed by atoms with Gasteiger partial charge in [0.25, 0.3) is 0 Å². The smallest absolute Gasteiger partial charge is 0.237 e. The standard InChI is InChI=1S/C6H12N2O/c1-2-7-8-6(9)5-3-4-5/h5,7H,2-4H2,1H3,(H,8,9). The van der Waals surface area contributed by atoms with Crippen LogP contribution in [0.2, 0.25) is 0 Å². The van der Waals surface area contributed by atoms with Crippen LogP contribution in [0, 0.1) is 5.92 Å². The van der Waals surface area contributed by atoms with Crippen LogP contribution < -0.4 is 10.9 Å². The van der Waals surface area contributed by atoms with Crippen molar-refractivity contribution in [2.45, 2.75) is 19.8 Å². The normalized spacial score (nSPS) is 17.4. The SMILES string of the molecule is CCNNC(=O)C1CC1. The summed E-state index contributed by atoms with van der Waals surface area (Å²) in [6, 6.07) is 0. The summed E-state index contributed by atoms with van der Waals surface area (Å²) < 4.78 is 0. The molecule has 1 aliphatic rings. The van der Waals surface area contributed by atoms with Gasteiger partial charge in [-0.05, 0) is 12.8 Å². The van der Waals surface area contributed by atoms with Crippen molar-refractivity contribution >= 4 is 5.91 Å². The second-order valence-electron chi connectivity index (χ2n) is 2.29. The predicted octanol–water partition coefficient (Wildman–Crippen LogP) is 0.0371. The van der Waals surface area contributed by atoms with Crippen LogP contribution in [0.25, 0.3) is 0 Å². The predicted molar refractivity (Wildman–Crippen MR) is 34.5 cm³/mol. The molecule has 0 unspecified atom stereocenters. The molecule has 0 heterocycles. The van der Waals surface area contributed by atoms with Gasteiger partial charge in [-0.3, -0.25) is 10.2 Å². The van der Waals surface area contributed by atoms with Crippen molar-refractivity contribution in [3.63, 3.8) is 0 Å². The van der Waals surface area contributed by atoms with Crippen molar-refractivity contribution in [3.8, 4) is 0 Å². The van der Waals surface area contributed by atoms with E-state index in [1.165, 1.54) is 0 Å². The van der Waals surface area contributed by atoms with Crippen LogP contribution in [0.5, 0.6) is 0 Å². The average molecular weight is 128 g/mol. The number of carbonyl (C=O) groups excluding carboxylic acids is 1. The van der Waals surface area contributed by atoms with Gasteiger partial charge in [0.15, 0.2) is 0 Å². The van der Waals surface area contributed by atoms with Gasteiger partial charge in [-0.2, -0.15) is 0 Å². The lowest BCUT2D eigenvalue weighted by atomic mass is 10.4. The van der Waals surface area contributed by atoms with E-state index in [9.17, 15) is 4.79 Å². The van der Waals surface area contributed by atoms with E-state index in [-0.39, 0.29) is 5.91 Å². The first-order chi connectivity index (χ1) is 4.34. The van der Waals surface area contributed by atoms with Gasteiger partial charge < -0.3 is 0 Å². The first-order valence-corrected chi connectivity index (χ1v) is 3.37. The van der Waals surface area contributed by atoms with Gasteiger partial charge in [-0.15, -0.1) is 0 Å². The maximum absolute atomic E-state index is 10.8. The van der Waals surface area contributed by atoms with Crippen LogP contribution >= 0.6 is 0 Å². The van der Waals surface area contributed by atoms with Crippen molar-refractivity contribution in [2.75, 3.05) is 6.54 Å². The maximum atomic E-state index is 10.8. The van der Waals surface area contributed by atoms with Gasteiger partial charge in [-0.25, -0.2) is 5.43 Å². The molecule has 0 aromatic carbocycles. The summed E-state index contributed by atoms with van der Waals surface area (Å²) in [5.41, 5.74) is 5.38. The highest BCUT2D eigenvalue weighted by molar-refractivity contribution is 5.80. The summed E-state index contributed by atoms with van der Waals surface area (Å²) >= 11 is 0. The molecule has 9 heavy (non-hydrogen) atoms. The third kappa shape index (κ3) is 2.01. The van der Waals surface area contributed by atoms with E-state index in [4.69, 9.17) is 0 Å². The summed E-state index contributed by atoms with van der Waals surface area (Å²) in [6.07, 6.45) is 2.13. The zero-order valence-corrected chi connectivity index (χ0v) is 5.61. The maximum Gasteiger partial charge on any atom is 0.237 e. The molecule has 0 aromatic heterocycles. The lowest BCUT2D eigenvalue weighted by Crippen LogP contribution is -2.37. The second kappa shape index (κ2) is 2.82.